The van der Waals surface area contributed by atoms with E-state index in [2.05, 4.69) is 27.1 Å². The molecule has 0 aliphatic rings. The predicted molar refractivity (Wildman–Crippen MR) is 102 cm³/mol. The lowest BCUT2D eigenvalue weighted by atomic mass is 10.2. The van der Waals surface area contributed by atoms with Crippen LogP contribution in [0.25, 0.3) is 11.4 Å². The minimum atomic E-state index is -0.117. The molecule has 0 unspecified atom stereocenters. The van der Waals surface area contributed by atoms with E-state index in [0.29, 0.717) is 16.8 Å². The average Bonchev–Trinajstić information content (AvgIpc) is 3.20. The fourth-order valence-electron chi connectivity index (χ4n) is 2.19. The summed E-state index contributed by atoms with van der Waals surface area (Å²) in [5, 5.41) is 12.6. The van der Waals surface area contributed by atoms with Gasteiger partial charge in [-0.1, -0.05) is 48.2 Å². The highest BCUT2D eigenvalue weighted by Crippen LogP contribution is 2.24. The van der Waals surface area contributed by atoms with Gasteiger partial charge in [0.15, 0.2) is 16.1 Å². The van der Waals surface area contributed by atoms with E-state index in [1.54, 1.807) is 12.3 Å². The van der Waals surface area contributed by atoms with Gasteiger partial charge in [0.2, 0.25) is 5.91 Å². The fourth-order valence-corrected chi connectivity index (χ4v) is 3.62. The Morgan fingerprint density at radius 1 is 1.36 bits per heavy atom. The largest absolute Gasteiger partial charge is 0.301 e. The van der Waals surface area contributed by atoms with Gasteiger partial charge in [0.05, 0.1) is 5.75 Å². The standard InChI is InChI=1S/C17H17N5OS2/c1-3-9-22-15(13-7-5-4-6-8-13)20-21-17(22)24-11-14(23)19-16-18-10-12(2)25-16/h3-8,10H,1,9,11H2,2H3,(H,18,19,23). The van der Waals surface area contributed by atoms with Gasteiger partial charge in [-0.25, -0.2) is 4.98 Å². The summed E-state index contributed by atoms with van der Waals surface area (Å²) in [6.07, 6.45) is 3.53. The van der Waals surface area contributed by atoms with Crippen LogP contribution in [0.2, 0.25) is 0 Å². The van der Waals surface area contributed by atoms with Crippen molar-refractivity contribution in [1.29, 1.82) is 0 Å². The number of nitrogens with zero attached hydrogens (tertiary/aromatic N) is 4. The zero-order chi connectivity index (χ0) is 17.6. The van der Waals surface area contributed by atoms with Crippen LogP contribution in [0, 0.1) is 6.92 Å². The van der Waals surface area contributed by atoms with Crippen LogP contribution in [0.1, 0.15) is 4.88 Å². The first-order valence-electron chi connectivity index (χ1n) is 7.62. The SMILES string of the molecule is C=CCn1c(SCC(=O)Nc2ncc(C)s2)nnc1-c1ccccc1. The molecule has 0 saturated carbocycles. The molecule has 0 aliphatic heterocycles. The number of benzene rings is 1. The number of amides is 1. The molecular weight excluding hydrogens is 354 g/mol. The fraction of sp³-hybridized carbons (Fsp3) is 0.176. The van der Waals surface area contributed by atoms with Crippen molar-refractivity contribution < 1.29 is 4.79 Å². The lowest BCUT2D eigenvalue weighted by Crippen LogP contribution is -2.14. The topological polar surface area (TPSA) is 72.7 Å². The number of allylic oxidation sites excluding steroid dienone is 1. The summed E-state index contributed by atoms with van der Waals surface area (Å²) in [4.78, 5) is 17.3. The van der Waals surface area contributed by atoms with Gasteiger partial charge in [-0.3, -0.25) is 9.36 Å². The van der Waals surface area contributed by atoms with Crippen molar-refractivity contribution in [2.75, 3.05) is 11.1 Å². The van der Waals surface area contributed by atoms with Crippen LogP contribution in [-0.2, 0) is 11.3 Å². The molecule has 1 N–H and O–H groups in total. The van der Waals surface area contributed by atoms with Crippen molar-refractivity contribution in [1.82, 2.24) is 19.7 Å². The van der Waals surface area contributed by atoms with Gasteiger partial charge in [0.1, 0.15) is 0 Å². The summed E-state index contributed by atoms with van der Waals surface area (Å²) < 4.78 is 1.95. The van der Waals surface area contributed by atoms with Crippen LogP contribution in [0.5, 0.6) is 0 Å². The number of anilines is 1. The Bertz CT molecular complexity index is 872. The van der Waals surface area contributed by atoms with Crippen molar-refractivity contribution >= 4 is 34.1 Å². The molecule has 0 atom stereocenters. The van der Waals surface area contributed by atoms with Gasteiger partial charge in [-0.05, 0) is 6.92 Å². The number of aromatic nitrogens is 4. The monoisotopic (exact) mass is 371 g/mol. The second kappa shape index (κ2) is 8.09. The molecular formula is C17H17N5OS2. The van der Waals surface area contributed by atoms with E-state index < -0.39 is 0 Å². The molecule has 1 aromatic carbocycles. The molecule has 0 radical (unpaired) electrons. The molecule has 1 amide bonds. The Kier molecular flexibility index (Phi) is 5.62. The lowest BCUT2D eigenvalue weighted by molar-refractivity contribution is -0.113. The Hall–Kier alpha value is -2.45. The van der Waals surface area contributed by atoms with E-state index in [1.807, 2.05) is 41.8 Å². The molecule has 2 heterocycles. The van der Waals surface area contributed by atoms with Crippen LogP contribution < -0.4 is 5.32 Å². The number of thiazole rings is 1. The van der Waals surface area contributed by atoms with E-state index in [1.165, 1.54) is 23.1 Å². The summed E-state index contributed by atoms with van der Waals surface area (Å²) in [5.74, 6) is 0.885. The summed E-state index contributed by atoms with van der Waals surface area (Å²) >= 11 is 2.79. The summed E-state index contributed by atoms with van der Waals surface area (Å²) in [5.41, 5.74) is 0.978. The van der Waals surface area contributed by atoms with E-state index in [4.69, 9.17) is 0 Å². The molecule has 2 aromatic heterocycles. The zero-order valence-corrected chi connectivity index (χ0v) is 15.3. The van der Waals surface area contributed by atoms with E-state index in [-0.39, 0.29) is 11.7 Å². The molecule has 8 heteroatoms. The van der Waals surface area contributed by atoms with Gasteiger partial charge in [0.25, 0.3) is 0 Å². The number of carbonyl (C=O) groups excluding carboxylic acids is 1. The van der Waals surface area contributed by atoms with Crippen LogP contribution >= 0.6 is 23.1 Å². The molecule has 0 spiro atoms. The molecule has 3 rings (SSSR count). The number of carbonyl (C=O) groups is 1. The molecule has 6 nitrogen and oxygen atoms in total. The van der Waals surface area contributed by atoms with Crippen LogP contribution in [0.3, 0.4) is 0 Å². The first-order chi connectivity index (χ1) is 12.2. The highest BCUT2D eigenvalue weighted by Gasteiger charge is 2.15. The van der Waals surface area contributed by atoms with Crippen molar-refractivity contribution in [2.45, 2.75) is 18.6 Å². The Labute approximate surface area is 154 Å². The van der Waals surface area contributed by atoms with Crippen LogP contribution in [0.15, 0.2) is 54.3 Å². The molecule has 0 aliphatic carbocycles. The predicted octanol–water partition coefficient (Wildman–Crippen LogP) is 3.63. The van der Waals surface area contributed by atoms with Crippen molar-refractivity contribution in [2.24, 2.45) is 0 Å². The molecule has 0 bridgehead atoms. The second-order valence-electron chi connectivity index (χ2n) is 5.18. The summed E-state index contributed by atoms with van der Waals surface area (Å²) in [7, 11) is 0. The van der Waals surface area contributed by atoms with E-state index in [0.717, 1.165) is 16.3 Å². The maximum absolute atomic E-state index is 12.1. The van der Waals surface area contributed by atoms with Gasteiger partial charge in [-0.2, -0.15) is 0 Å². The third-order valence-corrected chi connectivity index (χ3v) is 5.06. The molecule has 0 fully saturated rings. The number of hydrogen-bond acceptors (Lipinski definition) is 6. The quantitative estimate of drug-likeness (QED) is 0.507. The Balaban J connectivity index is 1.70. The number of rotatable bonds is 7. The highest BCUT2D eigenvalue weighted by molar-refractivity contribution is 7.99. The van der Waals surface area contributed by atoms with E-state index in [9.17, 15) is 4.79 Å². The zero-order valence-electron chi connectivity index (χ0n) is 13.7. The second-order valence-corrected chi connectivity index (χ2v) is 7.36. The summed E-state index contributed by atoms with van der Waals surface area (Å²) in [6, 6.07) is 9.83. The maximum atomic E-state index is 12.1. The number of aryl methyl sites for hydroxylation is 1. The normalized spacial score (nSPS) is 10.6. The maximum Gasteiger partial charge on any atom is 0.236 e. The average molecular weight is 371 g/mol. The van der Waals surface area contributed by atoms with Crippen LogP contribution in [0.4, 0.5) is 5.13 Å². The molecule has 0 saturated heterocycles. The number of thioether (sulfide) groups is 1. The molecule has 3 aromatic rings. The number of hydrogen-bond donors (Lipinski definition) is 1. The molecule has 128 valence electrons. The third-order valence-electron chi connectivity index (χ3n) is 3.26. The molecule has 25 heavy (non-hydrogen) atoms. The van der Waals surface area contributed by atoms with E-state index >= 15 is 0 Å². The summed E-state index contributed by atoms with van der Waals surface area (Å²) in [6.45, 7) is 6.32. The van der Waals surface area contributed by atoms with Gasteiger partial charge in [-0.15, -0.1) is 28.1 Å². The van der Waals surface area contributed by atoms with Crippen molar-refractivity contribution in [3.8, 4) is 11.4 Å². The minimum Gasteiger partial charge on any atom is -0.301 e. The van der Waals surface area contributed by atoms with Gasteiger partial charge < -0.3 is 5.32 Å². The Morgan fingerprint density at radius 3 is 2.84 bits per heavy atom. The lowest BCUT2D eigenvalue weighted by Gasteiger charge is -2.07. The minimum absolute atomic E-state index is 0.117. The van der Waals surface area contributed by atoms with Crippen LogP contribution in [-0.4, -0.2) is 31.4 Å². The first-order valence-corrected chi connectivity index (χ1v) is 9.42. The highest BCUT2D eigenvalue weighted by atomic mass is 32.2. The van der Waals surface area contributed by atoms with Crippen molar-refractivity contribution in [3.63, 3.8) is 0 Å². The smallest absolute Gasteiger partial charge is 0.236 e. The van der Waals surface area contributed by atoms with Crippen molar-refractivity contribution in [3.05, 3.63) is 54.1 Å². The third kappa shape index (κ3) is 4.34. The van der Waals surface area contributed by atoms with Gasteiger partial charge in [0, 0.05) is 23.2 Å². The van der Waals surface area contributed by atoms with Gasteiger partial charge >= 0.3 is 0 Å². The Morgan fingerprint density at radius 2 is 2.16 bits per heavy atom. The number of nitrogens with one attached hydrogen (secondary N) is 1. The first kappa shape index (κ1) is 17.4.